The molecule has 0 radical (unpaired) electrons. The van der Waals surface area contributed by atoms with Crippen molar-refractivity contribution in [2.75, 3.05) is 37.8 Å². The highest BCUT2D eigenvalue weighted by Gasteiger charge is 2.35. The van der Waals surface area contributed by atoms with Crippen molar-refractivity contribution in [2.24, 2.45) is 5.92 Å². The molecule has 1 saturated carbocycles. The summed E-state index contributed by atoms with van der Waals surface area (Å²) in [6.07, 6.45) is 5.46. The molecule has 5 rings (SSSR count). The van der Waals surface area contributed by atoms with E-state index in [0.717, 1.165) is 65.0 Å². The third-order valence-electron chi connectivity index (χ3n) is 7.70. The number of nitrogens with one attached hydrogen (secondary N) is 2. The third kappa shape index (κ3) is 7.88. The molecule has 230 valence electrons. The first-order valence-electron chi connectivity index (χ1n) is 15.0. The average Bonchev–Trinajstić information content (AvgIpc) is 3.69. The molecule has 1 aliphatic carbocycles. The first-order valence-corrected chi connectivity index (χ1v) is 15.8. The normalized spacial score (nSPS) is 19.0. The Balaban J connectivity index is 1.31. The third-order valence-corrected chi connectivity index (χ3v) is 8.79. The summed E-state index contributed by atoms with van der Waals surface area (Å²) in [5.74, 6) is -0.327. The lowest BCUT2D eigenvalue weighted by molar-refractivity contribution is -0.146. The van der Waals surface area contributed by atoms with Gasteiger partial charge >= 0.3 is 17.9 Å². The second-order valence-electron chi connectivity index (χ2n) is 13.1. The number of nitrogens with zero attached hydrogens (tertiary/aromatic N) is 4. The van der Waals surface area contributed by atoms with Crippen molar-refractivity contribution >= 4 is 51.0 Å². The SMILES string of the molecule is C[C@H]1CC[C@H](c2ccc3sc(CCN(C)C)nc3c2)N(C(=O)C(=O)Nc2cnc(NC(=O)OC(C)(C)C)c(C3CC3)c2)C1. The van der Waals surface area contributed by atoms with E-state index in [-0.39, 0.29) is 17.9 Å². The first kappa shape index (κ1) is 30.9. The maximum atomic E-state index is 13.6. The van der Waals surface area contributed by atoms with Crippen LogP contribution in [0, 0.1) is 5.92 Å². The van der Waals surface area contributed by atoms with Gasteiger partial charge in [0.2, 0.25) is 0 Å². The first-order chi connectivity index (χ1) is 20.4. The minimum Gasteiger partial charge on any atom is -0.444 e. The summed E-state index contributed by atoms with van der Waals surface area (Å²) in [5, 5.41) is 6.60. The summed E-state index contributed by atoms with van der Waals surface area (Å²) < 4.78 is 6.50. The molecule has 2 fully saturated rings. The Kier molecular flexibility index (Phi) is 9.03. The molecule has 2 atom stereocenters. The lowest BCUT2D eigenvalue weighted by atomic mass is 9.89. The van der Waals surface area contributed by atoms with Crippen LogP contribution < -0.4 is 10.6 Å². The number of benzene rings is 1. The molecule has 1 aliphatic heterocycles. The molecule has 2 N–H and O–H groups in total. The van der Waals surface area contributed by atoms with Crippen molar-refractivity contribution in [1.29, 1.82) is 0 Å². The molecule has 0 spiro atoms. The molecule has 2 aromatic heterocycles. The maximum Gasteiger partial charge on any atom is 0.413 e. The van der Waals surface area contributed by atoms with E-state index in [9.17, 15) is 14.4 Å². The summed E-state index contributed by atoms with van der Waals surface area (Å²) in [5.41, 5.74) is 2.54. The van der Waals surface area contributed by atoms with Gasteiger partial charge in [-0.1, -0.05) is 13.0 Å². The largest absolute Gasteiger partial charge is 0.444 e. The van der Waals surface area contributed by atoms with Gasteiger partial charge in [0, 0.05) is 25.1 Å². The molecule has 10 nitrogen and oxygen atoms in total. The average molecular weight is 607 g/mol. The van der Waals surface area contributed by atoms with E-state index in [1.54, 1.807) is 43.1 Å². The van der Waals surface area contributed by atoms with E-state index in [0.29, 0.717) is 18.1 Å². The number of carbonyl (C=O) groups is 3. The van der Waals surface area contributed by atoms with Gasteiger partial charge in [-0.05, 0) is 96.1 Å². The lowest BCUT2D eigenvalue weighted by Gasteiger charge is -2.38. The van der Waals surface area contributed by atoms with Crippen molar-refractivity contribution < 1.29 is 19.1 Å². The van der Waals surface area contributed by atoms with Crippen molar-refractivity contribution in [3.8, 4) is 0 Å². The molecule has 3 aromatic rings. The molecule has 3 amide bonds. The number of likely N-dealkylation sites (tertiary alicyclic amines) is 1. The highest BCUT2D eigenvalue weighted by atomic mass is 32.1. The second kappa shape index (κ2) is 12.6. The maximum absolute atomic E-state index is 13.6. The number of fused-ring (bicyclic) bond motifs is 1. The van der Waals surface area contributed by atoms with Crippen LogP contribution in [-0.4, -0.2) is 70.5 Å². The number of amides is 3. The summed E-state index contributed by atoms with van der Waals surface area (Å²) in [6.45, 7) is 8.94. The molecular formula is C32H42N6O4S. The van der Waals surface area contributed by atoms with E-state index in [4.69, 9.17) is 9.72 Å². The van der Waals surface area contributed by atoms with Crippen LogP contribution in [0.1, 0.15) is 81.5 Å². The van der Waals surface area contributed by atoms with Gasteiger partial charge < -0.3 is 19.9 Å². The van der Waals surface area contributed by atoms with Gasteiger partial charge in [0.1, 0.15) is 11.4 Å². The highest BCUT2D eigenvalue weighted by Crippen LogP contribution is 2.44. The van der Waals surface area contributed by atoms with Crippen LogP contribution in [0.25, 0.3) is 10.2 Å². The smallest absolute Gasteiger partial charge is 0.413 e. The van der Waals surface area contributed by atoms with Crippen LogP contribution in [-0.2, 0) is 20.7 Å². The summed E-state index contributed by atoms with van der Waals surface area (Å²) in [7, 11) is 4.11. The van der Waals surface area contributed by atoms with Crippen LogP contribution in [0.5, 0.6) is 0 Å². The number of ether oxygens (including phenoxy) is 1. The fraction of sp³-hybridized carbons (Fsp3) is 0.531. The van der Waals surface area contributed by atoms with Gasteiger partial charge in [-0.2, -0.15) is 0 Å². The van der Waals surface area contributed by atoms with E-state index in [1.165, 1.54) is 6.20 Å². The minimum absolute atomic E-state index is 0.202. The van der Waals surface area contributed by atoms with Gasteiger partial charge in [0.15, 0.2) is 0 Å². The summed E-state index contributed by atoms with van der Waals surface area (Å²) in [6, 6.07) is 7.82. The lowest BCUT2D eigenvalue weighted by Crippen LogP contribution is -2.46. The van der Waals surface area contributed by atoms with Crippen molar-refractivity contribution in [3.63, 3.8) is 0 Å². The Morgan fingerprint density at radius 1 is 1.09 bits per heavy atom. The molecule has 1 aromatic carbocycles. The highest BCUT2D eigenvalue weighted by molar-refractivity contribution is 7.18. The molecule has 3 heterocycles. The van der Waals surface area contributed by atoms with Crippen LogP contribution >= 0.6 is 11.3 Å². The Hall–Kier alpha value is -3.57. The second-order valence-corrected chi connectivity index (χ2v) is 14.2. The van der Waals surface area contributed by atoms with Crippen LogP contribution in [0.2, 0.25) is 0 Å². The van der Waals surface area contributed by atoms with Gasteiger partial charge in [-0.15, -0.1) is 11.3 Å². The Morgan fingerprint density at radius 2 is 1.86 bits per heavy atom. The Morgan fingerprint density at radius 3 is 2.56 bits per heavy atom. The number of rotatable bonds is 7. The van der Waals surface area contributed by atoms with Crippen molar-refractivity contribution in [3.05, 3.63) is 46.6 Å². The van der Waals surface area contributed by atoms with Crippen LogP contribution in [0.4, 0.5) is 16.3 Å². The predicted molar refractivity (Wildman–Crippen MR) is 169 cm³/mol. The Bertz CT molecular complexity index is 1510. The molecule has 11 heteroatoms. The Labute approximate surface area is 257 Å². The standard InChI is InChI=1S/C32H42N6O4S/c1-19-7-11-25(21-10-12-26-24(15-21)35-27(43-26)13-14-37(5)6)38(18-19)30(40)29(39)34-22-16-23(20-8-9-20)28(33-17-22)36-31(41)42-32(2,3)4/h10,12,15-17,19-20,25H,7-9,11,13-14,18H2,1-6H3,(H,34,39)(H,33,36,41)/t19-,25+/m0/s1. The zero-order valence-corrected chi connectivity index (χ0v) is 26.7. The quantitative estimate of drug-likeness (QED) is 0.319. The number of piperidine rings is 1. The van der Waals surface area contributed by atoms with E-state index < -0.39 is 23.5 Å². The zero-order chi connectivity index (χ0) is 30.9. The van der Waals surface area contributed by atoms with Crippen molar-refractivity contribution in [2.45, 2.75) is 77.4 Å². The fourth-order valence-electron chi connectivity index (χ4n) is 5.42. The van der Waals surface area contributed by atoms with Crippen LogP contribution in [0.3, 0.4) is 0 Å². The molecule has 1 saturated heterocycles. The van der Waals surface area contributed by atoms with Crippen LogP contribution in [0.15, 0.2) is 30.5 Å². The molecule has 2 aliphatic rings. The number of likely N-dealkylation sites (N-methyl/N-ethyl adjacent to an activating group) is 1. The van der Waals surface area contributed by atoms with Crippen molar-refractivity contribution in [1.82, 2.24) is 19.8 Å². The molecular weight excluding hydrogens is 564 g/mol. The van der Waals surface area contributed by atoms with Gasteiger partial charge in [-0.3, -0.25) is 14.9 Å². The number of thiazole rings is 1. The molecule has 43 heavy (non-hydrogen) atoms. The number of anilines is 2. The van der Waals surface area contributed by atoms with E-state index in [1.807, 2.05) is 0 Å². The predicted octanol–water partition coefficient (Wildman–Crippen LogP) is 5.96. The summed E-state index contributed by atoms with van der Waals surface area (Å²) >= 11 is 1.70. The number of carbonyl (C=O) groups excluding carboxylic acids is 3. The summed E-state index contributed by atoms with van der Waals surface area (Å²) in [4.78, 5) is 52.4. The number of pyridine rings is 1. The zero-order valence-electron chi connectivity index (χ0n) is 25.9. The minimum atomic E-state index is -0.698. The van der Waals surface area contributed by atoms with Gasteiger partial charge in [-0.25, -0.2) is 14.8 Å². The van der Waals surface area contributed by atoms with E-state index in [2.05, 4.69) is 59.7 Å². The number of hydrogen-bond donors (Lipinski definition) is 2. The topological polar surface area (TPSA) is 117 Å². The fourth-order valence-corrected chi connectivity index (χ4v) is 6.36. The molecule has 0 unspecified atom stereocenters. The van der Waals surface area contributed by atoms with E-state index >= 15 is 0 Å². The van der Waals surface area contributed by atoms with Gasteiger partial charge in [0.25, 0.3) is 0 Å². The number of hydrogen-bond acceptors (Lipinski definition) is 8. The van der Waals surface area contributed by atoms with Gasteiger partial charge in [0.05, 0.1) is 33.2 Å². The molecule has 0 bridgehead atoms. The monoisotopic (exact) mass is 606 g/mol. The number of aromatic nitrogens is 2.